The van der Waals surface area contributed by atoms with E-state index in [-0.39, 0.29) is 23.9 Å². The Morgan fingerprint density at radius 3 is 2.26 bits per heavy atom. The Morgan fingerprint density at radius 2 is 1.65 bits per heavy atom. The minimum absolute atomic E-state index is 0.0227. The minimum Gasteiger partial charge on any atom is -0.497 e. The number of methoxy groups -OCH3 is 1. The van der Waals surface area contributed by atoms with Crippen LogP contribution < -0.4 is 4.74 Å². The second kappa shape index (κ2) is 10.8. The predicted molar refractivity (Wildman–Crippen MR) is 123 cm³/mol. The largest absolute Gasteiger partial charge is 0.497 e. The number of benzene rings is 2. The Labute approximate surface area is 184 Å². The lowest BCUT2D eigenvalue weighted by Crippen LogP contribution is -2.34. The second-order valence-corrected chi connectivity index (χ2v) is 7.73. The highest BCUT2D eigenvalue weighted by Gasteiger charge is 2.25. The van der Waals surface area contributed by atoms with Gasteiger partial charge in [0, 0.05) is 29.6 Å². The standard InChI is InChI=1S/C26H31NO4/c1-4-6-15-27(16-7-5-2)24(28)18-22-21-17-20(30-3)13-14-23(21)31-26(22)25(29)19-11-9-8-10-12-19/h8-14,17H,4-7,15-16,18H2,1-3H3. The Morgan fingerprint density at radius 1 is 0.968 bits per heavy atom. The van der Waals surface area contributed by atoms with Crippen molar-refractivity contribution in [1.82, 2.24) is 4.90 Å². The zero-order valence-corrected chi connectivity index (χ0v) is 18.6. The maximum Gasteiger partial charge on any atom is 0.228 e. The summed E-state index contributed by atoms with van der Waals surface area (Å²) in [6.45, 7) is 5.71. The fourth-order valence-corrected chi connectivity index (χ4v) is 3.66. The van der Waals surface area contributed by atoms with Crippen molar-refractivity contribution in [3.8, 4) is 5.75 Å². The van der Waals surface area contributed by atoms with Crippen LogP contribution in [0.1, 0.15) is 61.2 Å². The first kappa shape index (κ1) is 22.6. The summed E-state index contributed by atoms with van der Waals surface area (Å²) in [5.41, 5.74) is 1.75. The molecule has 5 heteroatoms. The number of rotatable bonds is 11. The molecular formula is C26H31NO4. The lowest BCUT2D eigenvalue weighted by molar-refractivity contribution is -0.130. The molecule has 3 aromatic rings. The monoisotopic (exact) mass is 421 g/mol. The number of fused-ring (bicyclic) bond motifs is 1. The third-order valence-electron chi connectivity index (χ3n) is 5.48. The number of carbonyl (C=O) groups is 2. The highest BCUT2D eigenvalue weighted by Crippen LogP contribution is 2.31. The van der Waals surface area contributed by atoms with E-state index in [1.807, 2.05) is 29.2 Å². The Hall–Kier alpha value is -3.08. The zero-order chi connectivity index (χ0) is 22.2. The zero-order valence-electron chi connectivity index (χ0n) is 18.6. The average Bonchev–Trinajstić information content (AvgIpc) is 3.16. The van der Waals surface area contributed by atoms with E-state index in [1.165, 1.54) is 0 Å². The molecule has 31 heavy (non-hydrogen) atoms. The third-order valence-corrected chi connectivity index (χ3v) is 5.48. The molecule has 0 atom stereocenters. The number of furan rings is 1. The maximum atomic E-state index is 13.3. The van der Waals surface area contributed by atoms with Crippen LogP contribution in [0.25, 0.3) is 11.0 Å². The van der Waals surface area contributed by atoms with Crippen molar-refractivity contribution in [3.05, 3.63) is 65.4 Å². The molecule has 0 spiro atoms. The van der Waals surface area contributed by atoms with Crippen molar-refractivity contribution >= 4 is 22.7 Å². The van der Waals surface area contributed by atoms with Crippen LogP contribution in [0.2, 0.25) is 0 Å². The fraction of sp³-hybridized carbons (Fsp3) is 0.385. The van der Waals surface area contributed by atoms with Crippen molar-refractivity contribution in [3.63, 3.8) is 0 Å². The summed E-state index contributed by atoms with van der Waals surface area (Å²) in [5, 5.41) is 0.748. The van der Waals surface area contributed by atoms with Gasteiger partial charge in [-0.25, -0.2) is 0 Å². The van der Waals surface area contributed by atoms with Gasteiger partial charge in [-0.05, 0) is 31.0 Å². The van der Waals surface area contributed by atoms with Gasteiger partial charge in [0.1, 0.15) is 11.3 Å². The molecule has 0 N–H and O–H groups in total. The molecule has 0 fully saturated rings. The van der Waals surface area contributed by atoms with Crippen molar-refractivity contribution in [2.24, 2.45) is 0 Å². The molecule has 164 valence electrons. The summed E-state index contributed by atoms with van der Waals surface area (Å²) in [7, 11) is 1.60. The van der Waals surface area contributed by atoms with Crippen LogP contribution in [0, 0.1) is 0 Å². The Kier molecular flexibility index (Phi) is 7.88. The van der Waals surface area contributed by atoms with E-state index in [0.717, 1.165) is 44.2 Å². The Bertz CT molecular complexity index is 1010. The van der Waals surface area contributed by atoms with Gasteiger partial charge in [-0.3, -0.25) is 9.59 Å². The van der Waals surface area contributed by atoms with E-state index >= 15 is 0 Å². The molecule has 2 aromatic carbocycles. The van der Waals surface area contributed by atoms with E-state index in [4.69, 9.17) is 9.15 Å². The molecule has 5 nitrogen and oxygen atoms in total. The van der Waals surface area contributed by atoms with Crippen LogP contribution in [0.4, 0.5) is 0 Å². The molecule has 0 unspecified atom stereocenters. The van der Waals surface area contributed by atoms with Gasteiger partial charge in [0.25, 0.3) is 0 Å². The highest BCUT2D eigenvalue weighted by molar-refractivity contribution is 6.11. The lowest BCUT2D eigenvalue weighted by Gasteiger charge is -2.22. The SMILES string of the molecule is CCCCN(CCCC)C(=O)Cc1c(C(=O)c2ccccc2)oc2ccc(OC)cc12. The van der Waals surface area contributed by atoms with Crippen LogP contribution >= 0.6 is 0 Å². The fourth-order valence-electron chi connectivity index (χ4n) is 3.66. The molecule has 1 heterocycles. The van der Waals surface area contributed by atoms with Crippen LogP contribution in [-0.4, -0.2) is 36.8 Å². The smallest absolute Gasteiger partial charge is 0.228 e. The highest BCUT2D eigenvalue weighted by atomic mass is 16.5. The van der Waals surface area contributed by atoms with Gasteiger partial charge in [-0.15, -0.1) is 0 Å². The average molecular weight is 422 g/mol. The molecule has 0 saturated carbocycles. The van der Waals surface area contributed by atoms with Crippen LogP contribution in [0.3, 0.4) is 0 Å². The molecular weight excluding hydrogens is 390 g/mol. The number of nitrogens with zero attached hydrogens (tertiary/aromatic N) is 1. The van der Waals surface area contributed by atoms with E-state index in [1.54, 1.807) is 31.4 Å². The van der Waals surface area contributed by atoms with E-state index in [9.17, 15) is 9.59 Å². The second-order valence-electron chi connectivity index (χ2n) is 7.73. The van der Waals surface area contributed by atoms with Gasteiger partial charge in [-0.1, -0.05) is 57.0 Å². The molecule has 1 aromatic heterocycles. The molecule has 0 bridgehead atoms. The molecule has 0 radical (unpaired) electrons. The summed E-state index contributed by atoms with van der Waals surface area (Å²) in [5.74, 6) is 0.699. The van der Waals surface area contributed by atoms with Gasteiger partial charge in [0.2, 0.25) is 11.7 Å². The quantitative estimate of drug-likeness (QED) is 0.376. The number of ether oxygens (including phenoxy) is 1. The van der Waals surface area contributed by atoms with Crippen molar-refractivity contribution in [2.45, 2.75) is 46.0 Å². The molecule has 3 rings (SSSR count). The predicted octanol–water partition coefficient (Wildman–Crippen LogP) is 5.64. The number of unbranched alkanes of at least 4 members (excludes halogenated alkanes) is 2. The summed E-state index contributed by atoms with van der Waals surface area (Å²) >= 11 is 0. The molecule has 0 saturated heterocycles. The minimum atomic E-state index is -0.216. The van der Waals surface area contributed by atoms with Crippen molar-refractivity contribution in [2.75, 3.05) is 20.2 Å². The van der Waals surface area contributed by atoms with Crippen molar-refractivity contribution < 1.29 is 18.7 Å². The molecule has 0 aliphatic carbocycles. The van der Waals surface area contributed by atoms with Crippen LogP contribution in [0.5, 0.6) is 5.75 Å². The summed E-state index contributed by atoms with van der Waals surface area (Å²) in [4.78, 5) is 28.4. The summed E-state index contributed by atoms with van der Waals surface area (Å²) in [6.07, 6.45) is 4.11. The van der Waals surface area contributed by atoms with Crippen LogP contribution in [0.15, 0.2) is 52.9 Å². The lowest BCUT2D eigenvalue weighted by atomic mass is 10.0. The van der Waals surface area contributed by atoms with Crippen LogP contribution in [-0.2, 0) is 11.2 Å². The van der Waals surface area contributed by atoms with Gasteiger partial charge in [0.15, 0.2) is 5.76 Å². The first-order valence-electron chi connectivity index (χ1n) is 11.1. The van der Waals surface area contributed by atoms with E-state index < -0.39 is 0 Å². The van der Waals surface area contributed by atoms with Gasteiger partial charge < -0.3 is 14.1 Å². The summed E-state index contributed by atoms with van der Waals surface area (Å²) < 4.78 is 11.4. The van der Waals surface area contributed by atoms with E-state index in [2.05, 4.69) is 13.8 Å². The number of amides is 1. The van der Waals surface area contributed by atoms with E-state index in [0.29, 0.717) is 22.5 Å². The maximum absolute atomic E-state index is 13.3. The first-order valence-corrected chi connectivity index (χ1v) is 11.1. The van der Waals surface area contributed by atoms with Gasteiger partial charge in [-0.2, -0.15) is 0 Å². The summed E-state index contributed by atoms with van der Waals surface area (Å²) in [6, 6.07) is 14.4. The Balaban J connectivity index is 2.01. The molecule has 1 amide bonds. The van der Waals surface area contributed by atoms with Crippen molar-refractivity contribution in [1.29, 1.82) is 0 Å². The molecule has 0 aliphatic heterocycles. The number of hydrogen-bond donors (Lipinski definition) is 0. The topological polar surface area (TPSA) is 59.8 Å². The first-order chi connectivity index (χ1) is 15.1. The number of carbonyl (C=O) groups excluding carboxylic acids is 2. The third kappa shape index (κ3) is 5.35. The number of ketones is 1. The van der Waals surface area contributed by atoms with Gasteiger partial charge in [0.05, 0.1) is 13.5 Å². The molecule has 0 aliphatic rings. The number of hydrogen-bond acceptors (Lipinski definition) is 4. The van der Waals surface area contributed by atoms with Gasteiger partial charge >= 0.3 is 0 Å². The normalized spacial score (nSPS) is 10.9.